The summed E-state index contributed by atoms with van der Waals surface area (Å²) in [6, 6.07) is 2.93. The van der Waals surface area contributed by atoms with Gasteiger partial charge in [0.05, 0.1) is 23.4 Å². The van der Waals surface area contributed by atoms with E-state index in [0.717, 1.165) is 29.5 Å². The molecule has 0 radical (unpaired) electrons. The number of hydrogen-bond acceptors (Lipinski definition) is 6. The maximum atomic E-state index is 15.1. The summed E-state index contributed by atoms with van der Waals surface area (Å²) in [6.07, 6.45) is 3.77. The Labute approximate surface area is 179 Å². The number of aromatic carboxylic acids is 1. The maximum Gasteiger partial charge on any atom is 0.341 e. The summed E-state index contributed by atoms with van der Waals surface area (Å²) in [4.78, 5) is 31.4. The number of anilines is 2. The molecule has 1 aromatic carbocycles. The van der Waals surface area contributed by atoms with Crippen LogP contribution in [-0.2, 0) is 13.0 Å². The fourth-order valence-electron chi connectivity index (χ4n) is 3.98. The molecule has 1 aliphatic carbocycles. The summed E-state index contributed by atoms with van der Waals surface area (Å²) in [5.74, 6) is -2.07. The van der Waals surface area contributed by atoms with Crippen LogP contribution in [0.5, 0.6) is 0 Å². The Morgan fingerprint density at radius 1 is 1.39 bits per heavy atom. The van der Waals surface area contributed by atoms with Gasteiger partial charge in [0, 0.05) is 35.5 Å². The molecular weight excluding hydrogens is 423 g/mol. The van der Waals surface area contributed by atoms with E-state index in [1.807, 2.05) is 4.90 Å². The molecule has 5 N–H and O–H groups in total. The minimum absolute atomic E-state index is 0.0801. The van der Waals surface area contributed by atoms with E-state index in [1.54, 1.807) is 10.6 Å². The Bertz CT molecular complexity index is 1310. The lowest BCUT2D eigenvalue weighted by atomic mass is 10.1. The smallest absolute Gasteiger partial charge is 0.341 e. The molecule has 11 heteroatoms. The SMILES string of the molecule is N=C(N)Nc1nc2c(s1)CN(c1cc3c(cc1F)c(=O)c(C(=O)O)cn3C1CC1)CC2. The molecule has 2 aromatic heterocycles. The third kappa shape index (κ3) is 3.40. The number of fused-ring (bicyclic) bond motifs is 2. The molecule has 2 aliphatic rings. The molecule has 3 aromatic rings. The number of carboxylic acid groups (broad SMARTS) is 1. The number of benzene rings is 1. The van der Waals surface area contributed by atoms with Crippen LogP contribution in [0.25, 0.3) is 10.9 Å². The first kappa shape index (κ1) is 19.5. The minimum Gasteiger partial charge on any atom is -0.477 e. The second kappa shape index (κ2) is 7.05. The molecule has 0 spiro atoms. The van der Waals surface area contributed by atoms with Crippen molar-refractivity contribution in [3.63, 3.8) is 0 Å². The van der Waals surface area contributed by atoms with Crippen LogP contribution in [0.3, 0.4) is 0 Å². The number of nitrogens with one attached hydrogen (secondary N) is 2. The van der Waals surface area contributed by atoms with Crippen LogP contribution in [0, 0.1) is 11.2 Å². The van der Waals surface area contributed by atoms with Gasteiger partial charge in [0.1, 0.15) is 11.4 Å². The third-order valence-corrected chi connectivity index (χ3v) is 6.58. The van der Waals surface area contributed by atoms with E-state index in [9.17, 15) is 14.7 Å². The minimum atomic E-state index is -1.31. The molecule has 0 amide bonds. The van der Waals surface area contributed by atoms with E-state index >= 15 is 4.39 Å². The first-order valence-corrected chi connectivity index (χ1v) is 10.6. The van der Waals surface area contributed by atoms with Crippen LogP contribution in [-0.4, -0.2) is 33.1 Å². The molecule has 9 nitrogen and oxygen atoms in total. The Morgan fingerprint density at radius 2 is 2.16 bits per heavy atom. The molecular formula is C20H19FN6O3S. The summed E-state index contributed by atoms with van der Waals surface area (Å²) >= 11 is 1.37. The average molecular weight is 442 g/mol. The lowest BCUT2D eigenvalue weighted by Crippen LogP contribution is -2.30. The summed E-state index contributed by atoms with van der Waals surface area (Å²) in [5, 5.41) is 20.0. The van der Waals surface area contributed by atoms with Crippen LogP contribution < -0.4 is 21.4 Å². The first-order chi connectivity index (χ1) is 14.8. The van der Waals surface area contributed by atoms with Gasteiger partial charge >= 0.3 is 5.97 Å². The number of thiazole rings is 1. The number of guanidine groups is 1. The first-order valence-electron chi connectivity index (χ1n) is 9.78. The van der Waals surface area contributed by atoms with E-state index in [2.05, 4.69) is 10.3 Å². The number of hydrogen-bond donors (Lipinski definition) is 4. The average Bonchev–Trinajstić information content (AvgIpc) is 3.47. The van der Waals surface area contributed by atoms with Crippen molar-refractivity contribution in [2.24, 2.45) is 5.73 Å². The van der Waals surface area contributed by atoms with E-state index < -0.39 is 17.2 Å². The zero-order valence-electron chi connectivity index (χ0n) is 16.3. The second-order valence-corrected chi connectivity index (χ2v) is 8.82. The van der Waals surface area contributed by atoms with E-state index in [4.69, 9.17) is 11.1 Å². The van der Waals surface area contributed by atoms with Crippen LogP contribution in [0.2, 0.25) is 0 Å². The van der Waals surface area contributed by atoms with Gasteiger partial charge in [-0.15, -0.1) is 0 Å². The maximum absolute atomic E-state index is 15.1. The molecule has 31 heavy (non-hydrogen) atoms. The lowest BCUT2D eigenvalue weighted by Gasteiger charge is -2.29. The molecule has 0 saturated heterocycles. The fourth-order valence-corrected chi connectivity index (χ4v) is 5.01. The number of pyridine rings is 1. The largest absolute Gasteiger partial charge is 0.477 e. The molecule has 0 atom stereocenters. The predicted octanol–water partition coefficient (Wildman–Crippen LogP) is 2.50. The highest BCUT2D eigenvalue weighted by Gasteiger charge is 2.29. The molecule has 1 fully saturated rings. The van der Waals surface area contributed by atoms with Crippen molar-refractivity contribution in [2.45, 2.75) is 31.8 Å². The highest BCUT2D eigenvalue weighted by Crippen LogP contribution is 2.39. The van der Waals surface area contributed by atoms with Gasteiger partial charge in [-0.3, -0.25) is 10.2 Å². The normalized spacial score (nSPS) is 15.7. The number of nitrogens with zero attached hydrogens (tertiary/aromatic N) is 3. The number of nitrogens with two attached hydrogens (primary N) is 1. The molecule has 1 saturated carbocycles. The van der Waals surface area contributed by atoms with Gasteiger partial charge in [0.25, 0.3) is 0 Å². The fraction of sp³-hybridized carbons (Fsp3) is 0.300. The van der Waals surface area contributed by atoms with Crippen LogP contribution in [0.4, 0.5) is 15.2 Å². The third-order valence-electron chi connectivity index (χ3n) is 5.58. The van der Waals surface area contributed by atoms with Crippen LogP contribution >= 0.6 is 11.3 Å². The summed E-state index contributed by atoms with van der Waals surface area (Å²) < 4.78 is 16.9. The van der Waals surface area contributed by atoms with Gasteiger partial charge in [-0.25, -0.2) is 14.2 Å². The van der Waals surface area contributed by atoms with Gasteiger partial charge in [0.2, 0.25) is 5.43 Å². The van der Waals surface area contributed by atoms with Crippen molar-refractivity contribution >= 4 is 45.0 Å². The number of carboxylic acids is 1. The Hall–Kier alpha value is -3.47. The van der Waals surface area contributed by atoms with Gasteiger partial charge in [-0.2, -0.15) is 0 Å². The van der Waals surface area contributed by atoms with Gasteiger partial charge in [0.15, 0.2) is 11.1 Å². The van der Waals surface area contributed by atoms with Crippen molar-refractivity contribution in [3.05, 3.63) is 50.5 Å². The Balaban J connectivity index is 1.57. The highest BCUT2D eigenvalue weighted by molar-refractivity contribution is 7.15. The lowest BCUT2D eigenvalue weighted by molar-refractivity contribution is 0.0695. The number of rotatable bonds is 4. The standard InChI is InChI=1S/C20H19FN6O3S/c21-12-5-10-14(27(9-1-2-9)7-11(17(10)28)18(29)30)6-15(12)26-4-3-13-16(8-26)31-20(24-13)25-19(22)23/h5-7,9H,1-4,8H2,(H,29,30)(H4,22,23,24,25). The molecule has 0 bridgehead atoms. The monoisotopic (exact) mass is 442 g/mol. The zero-order valence-corrected chi connectivity index (χ0v) is 17.1. The number of aromatic nitrogens is 2. The zero-order chi connectivity index (χ0) is 21.9. The topological polar surface area (TPSA) is 137 Å². The summed E-state index contributed by atoms with van der Waals surface area (Å²) in [7, 11) is 0. The predicted molar refractivity (Wildman–Crippen MR) is 116 cm³/mol. The van der Waals surface area contributed by atoms with Crippen molar-refractivity contribution < 1.29 is 14.3 Å². The second-order valence-electron chi connectivity index (χ2n) is 7.74. The molecule has 1 aliphatic heterocycles. The van der Waals surface area contributed by atoms with Crippen molar-refractivity contribution in [2.75, 3.05) is 16.8 Å². The van der Waals surface area contributed by atoms with E-state index in [-0.39, 0.29) is 23.0 Å². The van der Waals surface area contributed by atoms with E-state index in [0.29, 0.717) is 35.8 Å². The van der Waals surface area contributed by atoms with Gasteiger partial charge in [-0.1, -0.05) is 11.3 Å². The van der Waals surface area contributed by atoms with Crippen molar-refractivity contribution in [3.8, 4) is 0 Å². The molecule has 3 heterocycles. The quantitative estimate of drug-likeness (QED) is 0.360. The Morgan fingerprint density at radius 3 is 2.84 bits per heavy atom. The summed E-state index contributed by atoms with van der Waals surface area (Å²) in [5.41, 5.74) is 6.16. The van der Waals surface area contributed by atoms with Crippen molar-refractivity contribution in [1.82, 2.24) is 9.55 Å². The number of halogens is 1. The molecule has 160 valence electrons. The molecule has 5 rings (SSSR count). The summed E-state index contributed by atoms with van der Waals surface area (Å²) in [6.45, 7) is 0.982. The van der Waals surface area contributed by atoms with Gasteiger partial charge in [-0.05, 0) is 25.0 Å². The van der Waals surface area contributed by atoms with Crippen molar-refractivity contribution in [1.29, 1.82) is 5.41 Å². The van der Waals surface area contributed by atoms with Gasteiger partial charge < -0.3 is 25.6 Å². The molecule has 0 unspecified atom stereocenters. The van der Waals surface area contributed by atoms with Crippen LogP contribution in [0.1, 0.15) is 39.8 Å². The Kier molecular flexibility index (Phi) is 4.43. The highest BCUT2D eigenvalue weighted by atomic mass is 32.1. The van der Waals surface area contributed by atoms with E-state index in [1.165, 1.54) is 17.5 Å². The van der Waals surface area contributed by atoms with Crippen LogP contribution in [0.15, 0.2) is 23.1 Å². The number of carbonyl (C=O) groups is 1.